The zero-order valence-electron chi connectivity index (χ0n) is 14.1. The van der Waals surface area contributed by atoms with Crippen LogP contribution in [-0.4, -0.2) is 18.0 Å². The molecule has 5 nitrogen and oxygen atoms in total. The number of pyridine rings is 1. The van der Waals surface area contributed by atoms with E-state index in [1.165, 1.54) is 0 Å². The van der Waals surface area contributed by atoms with E-state index in [2.05, 4.69) is 15.6 Å². The lowest BCUT2D eigenvalue weighted by molar-refractivity contribution is 0.102. The van der Waals surface area contributed by atoms with Gasteiger partial charge in [0.1, 0.15) is 11.4 Å². The predicted molar refractivity (Wildman–Crippen MR) is 99.6 cm³/mol. The number of amides is 1. The summed E-state index contributed by atoms with van der Waals surface area (Å²) in [4.78, 5) is 16.5. The van der Waals surface area contributed by atoms with E-state index >= 15 is 0 Å². The molecular weight excluding hydrogens is 314 g/mol. The lowest BCUT2D eigenvalue weighted by atomic mass is 10.2. The number of aromatic nitrogens is 1. The van der Waals surface area contributed by atoms with Gasteiger partial charge in [-0.1, -0.05) is 17.7 Å². The summed E-state index contributed by atoms with van der Waals surface area (Å²) in [6.07, 6.45) is 1.61. The molecule has 0 fully saturated rings. The lowest BCUT2D eigenvalue weighted by Crippen LogP contribution is -2.13. The second kappa shape index (κ2) is 7.49. The molecule has 0 saturated heterocycles. The molecule has 25 heavy (non-hydrogen) atoms. The van der Waals surface area contributed by atoms with Crippen LogP contribution in [0.25, 0.3) is 0 Å². The van der Waals surface area contributed by atoms with E-state index in [4.69, 9.17) is 4.74 Å². The molecule has 0 unspecified atom stereocenters. The third kappa shape index (κ3) is 4.35. The van der Waals surface area contributed by atoms with Crippen LogP contribution >= 0.6 is 0 Å². The second-order valence-corrected chi connectivity index (χ2v) is 5.60. The maximum atomic E-state index is 12.4. The van der Waals surface area contributed by atoms with E-state index in [0.29, 0.717) is 5.69 Å². The van der Waals surface area contributed by atoms with Crippen LogP contribution in [0.5, 0.6) is 5.75 Å². The number of nitrogens with zero attached hydrogens (tertiary/aromatic N) is 1. The van der Waals surface area contributed by atoms with Crippen molar-refractivity contribution in [1.29, 1.82) is 0 Å². The minimum absolute atomic E-state index is 0.248. The first kappa shape index (κ1) is 16.5. The number of anilines is 3. The molecule has 0 aliphatic heterocycles. The summed E-state index contributed by atoms with van der Waals surface area (Å²) in [5.41, 5.74) is 3.91. The van der Waals surface area contributed by atoms with Crippen LogP contribution in [0, 0.1) is 6.92 Å². The van der Waals surface area contributed by atoms with Gasteiger partial charge in [0.2, 0.25) is 0 Å². The Bertz CT molecular complexity index is 859. The van der Waals surface area contributed by atoms with Gasteiger partial charge >= 0.3 is 0 Å². The fourth-order valence-electron chi connectivity index (χ4n) is 2.31. The van der Waals surface area contributed by atoms with E-state index < -0.39 is 0 Å². The number of methoxy groups -OCH3 is 1. The number of rotatable bonds is 5. The van der Waals surface area contributed by atoms with Crippen LogP contribution in [0.1, 0.15) is 16.1 Å². The molecule has 0 bridgehead atoms. The second-order valence-electron chi connectivity index (χ2n) is 5.60. The number of hydrogen-bond acceptors (Lipinski definition) is 4. The first-order valence-corrected chi connectivity index (χ1v) is 7.89. The third-order valence-corrected chi connectivity index (χ3v) is 3.68. The molecule has 1 heterocycles. The molecule has 0 aliphatic carbocycles. The molecule has 1 aromatic heterocycles. The molecule has 0 atom stereocenters. The van der Waals surface area contributed by atoms with E-state index in [-0.39, 0.29) is 5.91 Å². The number of aryl methyl sites for hydroxylation is 1. The maximum Gasteiger partial charge on any atom is 0.274 e. The molecule has 2 aromatic carbocycles. The van der Waals surface area contributed by atoms with Crippen molar-refractivity contribution < 1.29 is 9.53 Å². The van der Waals surface area contributed by atoms with Crippen molar-refractivity contribution in [3.63, 3.8) is 0 Å². The van der Waals surface area contributed by atoms with Crippen LogP contribution in [0.15, 0.2) is 66.9 Å². The fraction of sp³-hybridized carbons (Fsp3) is 0.100. The summed E-state index contributed by atoms with van der Waals surface area (Å²) >= 11 is 0. The summed E-state index contributed by atoms with van der Waals surface area (Å²) < 4.78 is 5.14. The summed E-state index contributed by atoms with van der Waals surface area (Å²) in [5.74, 6) is 0.542. The Balaban J connectivity index is 1.71. The third-order valence-electron chi connectivity index (χ3n) is 3.68. The summed E-state index contributed by atoms with van der Waals surface area (Å²) in [6, 6.07) is 18.7. The summed E-state index contributed by atoms with van der Waals surface area (Å²) in [6.45, 7) is 2.00. The first-order chi connectivity index (χ1) is 12.1. The summed E-state index contributed by atoms with van der Waals surface area (Å²) in [5, 5.41) is 6.09. The lowest BCUT2D eigenvalue weighted by Gasteiger charge is -2.09. The molecule has 2 N–H and O–H groups in total. The standard InChI is InChI=1S/C20H19N3O2/c1-14-3-5-16(6-4-14)23-20(24)19-13-17(11-12-21-19)22-15-7-9-18(25-2)10-8-15/h3-13H,1-2H3,(H,21,22)(H,23,24). The van der Waals surface area contributed by atoms with Gasteiger partial charge < -0.3 is 15.4 Å². The molecule has 126 valence electrons. The Morgan fingerprint density at radius 3 is 2.28 bits per heavy atom. The van der Waals surface area contributed by atoms with E-state index in [0.717, 1.165) is 28.4 Å². The molecule has 1 amide bonds. The average Bonchev–Trinajstić information content (AvgIpc) is 2.64. The normalized spacial score (nSPS) is 10.2. The highest BCUT2D eigenvalue weighted by atomic mass is 16.5. The van der Waals surface area contributed by atoms with Crippen LogP contribution in [-0.2, 0) is 0 Å². The van der Waals surface area contributed by atoms with Crippen molar-refractivity contribution in [2.75, 3.05) is 17.7 Å². The molecule has 3 rings (SSSR count). The number of nitrogens with one attached hydrogen (secondary N) is 2. The molecule has 3 aromatic rings. The van der Waals surface area contributed by atoms with Gasteiger partial charge in [0.25, 0.3) is 5.91 Å². The molecule has 0 saturated carbocycles. The quantitative estimate of drug-likeness (QED) is 0.727. The Morgan fingerprint density at radius 1 is 0.920 bits per heavy atom. The Kier molecular flexibility index (Phi) is 4.95. The van der Waals surface area contributed by atoms with E-state index in [1.54, 1.807) is 19.4 Å². The highest BCUT2D eigenvalue weighted by Crippen LogP contribution is 2.20. The van der Waals surface area contributed by atoms with Crippen LogP contribution in [0.3, 0.4) is 0 Å². The Hall–Kier alpha value is -3.34. The van der Waals surface area contributed by atoms with Gasteiger partial charge in [0.15, 0.2) is 0 Å². The topological polar surface area (TPSA) is 63.2 Å². The zero-order chi connectivity index (χ0) is 17.6. The Morgan fingerprint density at radius 2 is 1.60 bits per heavy atom. The molecular formula is C20H19N3O2. The minimum Gasteiger partial charge on any atom is -0.497 e. The smallest absolute Gasteiger partial charge is 0.274 e. The molecule has 0 radical (unpaired) electrons. The van der Waals surface area contributed by atoms with Crippen molar-refractivity contribution in [3.05, 3.63) is 78.1 Å². The largest absolute Gasteiger partial charge is 0.497 e. The maximum absolute atomic E-state index is 12.4. The number of hydrogen-bond donors (Lipinski definition) is 2. The van der Waals surface area contributed by atoms with Gasteiger partial charge in [-0.2, -0.15) is 0 Å². The first-order valence-electron chi connectivity index (χ1n) is 7.89. The van der Waals surface area contributed by atoms with Crippen molar-refractivity contribution in [1.82, 2.24) is 4.98 Å². The summed E-state index contributed by atoms with van der Waals surface area (Å²) in [7, 11) is 1.63. The van der Waals surface area contributed by atoms with Gasteiger partial charge in [-0.25, -0.2) is 0 Å². The van der Waals surface area contributed by atoms with Gasteiger partial charge in [0, 0.05) is 23.3 Å². The number of carbonyl (C=O) groups excluding carboxylic acids is 1. The monoisotopic (exact) mass is 333 g/mol. The number of carbonyl (C=O) groups is 1. The minimum atomic E-state index is -0.248. The van der Waals surface area contributed by atoms with E-state index in [1.807, 2.05) is 61.5 Å². The van der Waals surface area contributed by atoms with Gasteiger partial charge in [-0.3, -0.25) is 9.78 Å². The highest BCUT2D eigenvalue weighted by molar-refractivity contribution is 6.03. The Labute approximate surface area is 146 Å². The fourth-order valence-corrected chi connectivity index (χ4v) is 2.31. The van der Waals surface area contributed by atoms with Crippen molar-refractivity contribution in [2.24, 2.45) is 0 Å². The SMILES string of the molecule is COc1ccc(Nc2ccnc(C(=O)Nc3ccc(C)cc3)c2)cc1. The number of ether oxygens (including phenoxy) is 1. The molecule has 0 spiro atoms. The van der Waals surface area contributed by atoms with Crippen LogP contribution in [0.2, 0.25) is 0 Å². The number of benzene rings is 2. The zero-order valence-corrected chi connectivity index (χ0v) is 14.1. The van der Waals surface area contributed by atoms with Gasteiger partial charge in [-0.15, -0.1) is 0 Å². The van der Waals surface area contributed by atoms with Crippen molar-refractivity contribution >= 4 is 23.0 Å². The predicted octanol–water partition coefficient (Wildman–Crippen LogP) is 4.39. The molecule has 0 aliphatic rings. The van der Waals surface area contributed by atoms with Crippen molar-refractivity contribution in [2.45, 2.75) is 6.92 Å². The average molecular weight is 333 g/mol. The van der Waals surface area contributed by atoms with Crippen LogP contribution < -0.4 is 15.4 Å². The highest BCUT2D eigenvalue weighted by Gasteiger charge is 2.08. The van der Waals surface area contributed by atoms with E-state index in [9.17, 15) is 4.79 Å². The van der Waals surface area contributed by atoms with Gasteiger partial charge in [0.05, 0.1) is 7.11 Å². The van der Waals surface area contributed by atoms with Crippen LogP contribution in [0.4, 0.5) is 17.1 Å². The van der Waals surface area contributed by atoms with Gasteiger partial charge in [-0.05, 0) is 55.5 Å². The van der Waals surface area contributed by atoms with Crippen molar-refractivity contribution in [3.8, 4) is 5.75 Å². The molecule has 5 heteroatoms.